The molecule has 3 rings (SSSR count). The number of amides is 2. The summed E-state index contributed by atoms with van der Waals surface area (Å²) in [5.41, 5.74) is 0.183. The second-order valence-electron chi connectivity index (χ2n) is 9.57. The van der Waals surface area contributed by atoms with Crippen LogP contribution in [0.15, 0.2) is 30.3 Å². The van der Waals surface area contributed by atoms with Crippen molar-refractivity contribution in [2.45, 2.75) is 90.2 Å². The van der Waals surface area contributed by atoms with Crippen molar-refractivity contribution in [1.29, 1.82) is 0 Å². The first-order chi connectivity index (χ1) is 14.8. The van der Waals surface area contributed by atoms with Crippen molar-refractivity contribution in [2.75, 3.05) is 7.05 Å². The van der Waals surface area contributed by atoms with E-state index < -0.39 is 5.72 Å². The lowest BCUT2D eigenvalue weighted by Crippen LogP contribution is -2.49. The molecule has 1 aliphatic carbocycles. The summed E-state index contributed by atoms with van der Waals surface area (Å²) in [7, 11) is 1.66. The van der Waals surface area contributed by atoms with Crippen LogP contribution in [0.25, 0.3) is 0 Å². The third-order valence-corrected chi connectivity index (χ3v) is 6.76. The van der Waals surface area contributed by atoms with E-state index in [0.717, 1.165) is 12.0 Å². The molecule has 2 aliphatic rings. The maximum Gasteiger partial charge on any atom is 0.412 e. The van der Waals surface area contributed by atoms with Gasteiger partial charge in [-0.3, -0.25) is 9.69 Å². The van der Waals surface area contributed by atoms with Crippen molar-refractivity contribution in [2.24, 2.45) is 11.8 Å². The van der Waals surface area contributed by atoms with Gasteiger partial charge in [0.2, 0.25) is 5.91 Å². The quantitative estimate of drug-likeness (QED) is 0.670. The van der Waals surface area contributed by atoms with Gasteiger partial charge in [-0.25, -0.2) is 4.79 Å². The average Bonchev–Trinajstić information content (AvgIpc) is 3.01. The molecule has 2 amide bonds. The van der Waals surface area contributed by atoms with Crippen molar-refractivity contribution in [3.63, 3.8) is 0 Å². The number of hydrogen-bond donors (Lipinski definition) is 1. The number of nitrogens with zero attached hydrogens (tertiary/aromatic N) is 1. The molecule has 1 N–H and O–H groups in total. The first-order valence-electron chi connectivity index (χ1n) is 11.7. The van der Waals surface area contributed by atoms with Gasteiger partial charge in [0.15, 0.2) is 0 Å². The van der Waals surface area contributed by atoms with E-state index >= 15 is 0 Å². The lowest BCUT2D eigenvalue weighted by Gasteiger charge is -2.35. The molecule has 6 nitrogen and oxygen atoms in total. The highest BCUT2D eigenvalue weighted by Gasteiger charge is 2.51. The van der Waals surface area contributed by atoms with Gasteiger partial charge >= 0.3 is 6.09 Å². The molecule has 1 aliphatic heterocycles. The molecule has 0 spiro atoms. The number of rotatable bonds is 7. The van der Waals surface area contributed by atoms with Gasteiger partial charge in [0.25, 0.3) is 0 Å². The number of carbonyl (C=O) groups is 2. The summed E-state index contributed by atoms with van der Waals surface area (Å²) >= 11 is 0. The van der Waals surface area contributed by atoms with Gasteiger partial charge in [0.05, 0.1) is 12.1 Å². The minimum atomic E-state index is -0.778. The molecule has 31 heavy (non-hydrogen) atoms. The second kappa shape index (κ2) is 10.5. The fourth-order valence-electron chi connectivity index (χ4n) is 5.14. The summed E-state index contributed by atoms with van der Waals surface area (Å²) in [5, 5.41) is 2.73. The maximum atomic E-state index is 13.3. The molecule has 0 unspecified atom stereocenters. The molecular weight excluding hydrogens is 392 g/mol. The third-order valence-electron chi connectivity index (χ3n) is 6.76. The van der Waals surface area contributed by atoms with Crippen LogP contribution in [0.5, 0.6) is 0 Å². The molecule has 2 fully saturated rings. The molecule has 1 heterocycles. The van der Waals surface area contributed by atoms with Crippen LogP contribution < -0.4 is 5.32 Å². The predicted octanol–water partition coefficient (Wildman–Crippen LogP) is 4.87. The summed E-state index contributed by atoms with van der Waals surface area (Å²) in [6, 6.07) is 9.63. The van der Waals surface area contributed by atoms with E-state index in [1.165, 1.54) is 32.1 Å². The number of carbonyl (C=O) groups excluding carboxylic acids is 2. The Kier molecular flexibility index (Phi) is 7.98. The zero-order valence-electron chi connectivity index (χ0n) is 19.4. The topological polar surface area (TPSA) is 67.9 Å². The van der Waals surface area contributed by atoms with Gasteiger partial charge in [0, 0.05) is 13.0 Å². The van der Waals surface area contributed by atoms with E-state index in [2.05, 4.69) is 5.32 Å². The lowest BCUT2D eigenvalue weighted by molar-refractivity contribution is -0.126. The SMILES string of the molecule is CNC(=O)[C@H](C)C[C@@H]1OC(C)(C)N(C(=O)OCc2ccccc2)[C@H]1CC1CCCCC1. The molecular formula is C25H38N2O4. The molecule has 1 aromatic carbocycles. The first-order valence-corrected chi connectivity index (χ1v) is 11.7. The van der Waals surface area contributed by atoms with Gasteiger partial charge in [-0.1, -0.05) is 69.4 Å². The Balaban J connectivity index is 1.76. The van der Waals surface area contributed by atoms with Crippen molar-refractivity contribution >= 4 is 12.0 Å². The highest BCUT2D eigenvalue weighted by atomic mass is 16.6. The van der Waals surface area contributed by atoms with Crippen LogP contribution in [0.3, 0.4) is 0 Å². The largest absolute Gasteiger partial charge is 0.444 e. The van der Waals surface area contributed by atoms with Gasteiger partial charge in [-0.15, -0.1) is 0 Å². The smallest absolute Gasteiger partial charge is 0.412 e. The molecule has 1 aromatic rings. The Morgan fingerprint density at radius 2 is 1.87 bits per heavy atom. The van der Waals surface area contributed by atoms with Gasteiger partial charge < -0.3 is 14.8 Å². The minimum Gasteiger partial charge on any atom is -0.444 e. The fourth-order valence-corrected chi connectivity index (χ4v) is 5.14. The number of nitrogens with one attached hydrogen (secondary N) is 1. The molecule has 172 valence electrons. The van der Waals surface area contributed by atoms with E-state index in [9.17, 15) is 9.59 Å². The molecule has 1 saturated carbocycles. The summed E-state index contributed by atoms with van der Waals surface area (Å²) in [5.74, 6) is 0.404. The average molecular weight is 431 g/mol. The monoisotopic (exact) mass is 430 g/mol. The van der Waals surface area contributed by atoms with Gasteiger partial charge in [-0.05, 0) is 38.2 Å². The van der Waals surface area contributed by atoms with E-state index in [-0.39, 0.29) is 36.7 Å². The van der Waals surface area contributed by atoms with E-state index in [4.69, 9.17) is 9.47 Å². The Bertz CT molecular complexity index is 730. The van der Waals surface area contributed by atoms with Crippen molar-refractivity contribution in [3.05, 3.63) is 35.9 Å². The van der Waals surface area contributed by atoms with Crippen LogP contribution in [-0.2, 0) is 20.9 Å². The van der Waals surface area contributed by atoms with Crippen LogP contribution in [-0.4, -0.2) is 41.8 Å². The van der Waals surface area contributed by atoms with Crippen molar-refractivity contribution in [1.82, 2.24) is 10.2 Å². The van der Waals surface area contributed by atoms with Crippen LogP contribution in [0, 0.1) is 11.8 Å². The number of ether oxygens (including phenoxy) is 2. The molecule has 0 aromatic heterocycles. The van der Waals surface area contributed by atoms with E-state index in [1.54, 1.807) is 11.9 Å². The summed E-state index contributed by atoms with van der Waals surface area (Å²) in [6.07, 6.45) is 7.14. The normalized spacial score (nSPS) is 24.6. The zero-order valence-corrected chi connectivity index (χ0v) is 19.4. The highest BCUT2D eigenvalue weighted by molar-refractivity contribution is 5.78. The standard InChI is InChI=1S/C25H38N2O4/c1-18(23(28)26-4)15-22-21(16-19-11-7-5-8-12-19)27(25(2,3)31-22)24(29)30-17-20-13-9-6-10-14-20/h6,9-10,13-14,18-19,21-22H,5,7-8,11-12,15-17H2,1-4H3,(H,26,28)/t18-,21+,22+/m1/s1. The zero-order chi connectivity index (χ0) is 22.4. The number of hydrogen-bond acceptors (Lipinski definition) is 4. The molecule has 6 heteroatoms. The fraction of sp³-hybridized carbons (Fsp3) is 0.680. The Hall–Kier alpha value is -2.08. The molecule has 0 radical (unpaired) electrons. The van der Waals surface area contributed by atoms with Gasteiger partial charge in [-0.2, -0.15) is 0 Å². The summed E-state index contributed by atoms with van der Waals surface area (Å²) in [4.78, 5) is 27.2. The third kappa shape index (κ3) is 6.00. The van der Waals surface area contributed by atoms with E-state index in [1.807, 2.05) is 51.1 Å². The minimum absolute atomic E-state index is 0.00271. The van der Waals surface area contributed by atoms with Crippen molar-refractivity contribution < 1.29 is 19.1 Å². The molecule has 3 atom stereocenters. The molecule has 0 bridgehead atoms. The van der Waals surface area contributed by atoms with Crippen LogP contribution in [0.1, 0.15) is 71.3 Å². The maximum absolute atomic E-state index is 13.3. The number of benzene rings is 1. The first kappa shape index (κ1) is 23.6. The van der Waals surface area contributed by atoms with Crippen LogP contribution in [0.4, 0.5) is 4.79 Å². The predicted molar refractivity (Wildman–Crippen MR) is 120 cm³/mol. The van der Waals surface area contributed by atoms with Gasteiger partial charge in [0.1, 0.15) is 12.3 Å². The molecule has 1 saturated heterocycles. The second-order valence-corrected chi connectivity index (χ2v) is 9.57. The van der Waals surface area contributed by atoms with E-state index in [0.29, 0.717) is 12.3 Å². The Morgan fingerprint density at radius 1 is 1.19 bits per heavy atom. The van der Waals surface area contributed by atoms with Crippen molar-refractivity contribution in [3.8, 4) is 0 Å². The Labute approximate surface area is 186 Å². The highest BCUT2D eigenvalue weighted by Crippen LogP contribution is 2.40. The summed E-state index contributed by atoms with van der Waals surface area (Å²) in [6.45, 7) is 6.01. The van der Waals surface area contributed by atoms with Crippen LogP contribution in [0.2, 0.25) is 0 Å². The summed E-state index contributed by atoms with van der Waals surface area (Å²) < 4.78 is 12.1. The van der Waals surface area contributed by atoms with Crippen LogP contribution >= 0.6 is 0 Å². The lowest BCUT2D eigenvalue weighted by atomic mass is 9.82. The Morgan fingerprint density at radius 3 is 2.52 bits per heavy atom.